The van der Waals surface area contributed by atoms with Crippen LogP contribution in [0.15, 0.2) is 30.3 Å². The molecular weight excluding hydrogens is 212 g/mol. The Morgan fingerprint density at radius 1 is 1.08 bits per heavy atom. The maximum atomic E-state index is 3.71. The summed E-state index contributed by atoms with van der Waals surface area (Å²) in [6.45, 7) is 6.71. The van der Waals surface area contributed by atoms with Gasteiger partial charge in [0.05, 0.1) is 0 Å². The van der Waals surface area contributed by atoms with Crippen LogP contribution in [0, 0.1) is 5.41 Å². The first-order chi connectivity index (χ1) is 5.52. The molecule has 0 radical (unpaired) electrons. The van der Waals surface area contributed by atoms with Gasteiger partial charge in [0.1, 0.15) is 0 Å². The first-order valence-corrected chi connectivity index (χ1v) is 5.12. The molecule has 66 valence electrons. The molecule has 1 atom stereocenters. The summed E-state index contributed by atoms with van der Waals surface area (Å²) in [7, 11) is 0. The molecule has 0 aliphatic rings. The minimum atomic E-state index is 0.279. The maximum absolute atomic E-state index is 3.71. The number of alkyl halides is 1. The molecule has 0 aliphatic carbocycles. The van der Waals surface area contributed by atoms with E-state index >= 15 is 0 Å². The second-order valence-corrected chi connectivity index (χ2v) is 5.05. The Hall–Kier alpha value is -0.300. The van der Waals surface area contributed by atoms with Crippen LogP contribution in [0.25, 0.3) is 0 Å². The average molecular weight is 227 g/mol. The standard InChI is InChI=1S/C11H15Br/c1-11(2,3)10(12)9-7-5-4-6-8-9/h4-8,10H,1-3H3/t10-/m1/s1. The van der Waals surface area contributed by atoms with E-state index in [0.29, 0.717) is 4.83 Å². The van der Waals surface area contributed by atoms with Gasteiger partial charge >= 0.3 is 0 Å². The molecule has 0 nitrogen and oxygen atoms in total. The van der Waals surface area contributed by atoms with Gasteiger partial charge in [-0.15, -0.1) is 0 Å². The Bertz CT molecular complexity index is 233. The molecule has 1 aromatic rings. The van der Waals surface area contributed by atoms with Crippen molar-refractivity contribution in [2.24, 2.45) is 5.41 Å². The van der Waals surface area contributed by atoms with Gasteiger partial charge in [0.25, 0.3) is 0 Å². The maximum Gasteiger partial charge on any atom is 0.0443 e. The molecule has 1 aromatic carbocycles. The summed E-state index contributed by atoms with van der Waals surface area (Å²) in [5.41, 5.74) is 1.63. The van der Waals surface area contributed by atoms with Crippen LogP contribution in [0.4, 0.5) is 0 Å². The van der Waals surface area contributed by atoms with E-state index in [4.69, 9.17) is 0 Å². The average Bonchev–Trinajstić information content (AvgIpc) is 2.03. The predicted octanol–water partition coefficient (Wildman–Crippen LogP) is 4.17. The van der Waals surface area contributed by atoms with E-state index in [2.05, 4.69) is 61.0 Å². The van der Waals surface area contributed by atoms with Gasteiger partial charge < -0.3 is 0 Å². The van der Waals surface area contributed by atoms with Gasteiger partial charge in [0, 0.05) is 4.83 Å². The van der Waals surface area contributed by atoms with E-state index in [1.807, 2.05) is 6.07 Å². The summed E-state index contributed by atoms with van der Waals surface area (Å²) in [5.74, 6) is 0. The summed E-state index contributed by atoms with van der Waals surface area (Å²) in [6, 6.07) is 10.5. The van der Waals surface area contributed by atoms with Crippen molar-refractivity contribution in [1.82, 2.24) is 0 Å². The molecule has 0 amide bonds. The Labute approximate surface area is 83.1 Å². The highest BCUT2D eigenvalue weighted by Crippen LogP contribution is 2.39. The van der Waals surface area contributed by atoms with Gasteiger partial charge in [-0.3, -0.25) is 0 Å². The van der Waals surface area contributed by atoms with Crippen LogP contribution in [-0.4, -0.2) is 0 Å². The molecule has 0 fully saturated rings. The monoisotopic (exact) mass is 226 g/mol. The van der Waals surface area contributed by atoms with Crippen molar-refractivity contribution in [2.45, 2.75) is 25.6 Å². The highest BCUT2D eigenvalue weighted by molar-refractivity contribution is 9.09. The van der Waals surface area contributed by atoms with Crippen molar-refractivity contribution in [3.05, 3.63) is 35.9 Å². The Kier molecular flexibility index (Phi) is 2.94. The zero-order valence-electron chi connectivity index (χ0n) is 7.84. The number of hydrogen-bond donors (Lipinski definition) is 0. The highest BCUT2D eigenvalue weighted by atomic mass is 79.9. The minimum absolute atomic E-state index is 0.279. The van der Waals surface area contributed by atoms with Crippen LogP contribution < -0.4 is 0 Å². The Morgan fingerprint density at radius 3 is 2.00 bits per heavy atom. The van der Waals surface area contributed by atoms with Gasteiger partial charge in [-0.25, -0.2) is 0 Å². The second kappa shape index (κ2) is 3.61. The quantitative estimate of drug-likeness (QED) is 0.631. The molecule has 0 bridgehead atoms. The molecule has 0 unspecified atom stereocenters. The molecule has 0 aromatic heterocycles. The summed E-state index contributed by atoms with van der Waals surface area (Å²) in [5, 5.41) is 0. The number of hydrogen-bond acceptors (Lipinski definition) is 0. The fraction of sp³-hybridized carbons (Fsp3) is 0.455. The van der Waals surface area contributed by atoms with E-state index in [0.717, 1.165) is 0 Å². The molecule has 0 aliphatic heterocycles. The minimum Gasteiger partial charge on any atom is -0.0833 e. The smallest absolute Gasteiger partial charge is 0.0443 e. The third kappa shape index (κ3) is 2.34. The van der Waals surface area contributed by atoms with Gasteiger partial charge in [-0.1, -0.05) is 67.0 Å². The number of rotatable bonds is 1. The first kappa shape index (κ1) is 9.79. The first-order valence-electron chi connectivity index (χ1n) is 4.21. The van der Waals surface area contributed by atoms with Gasteiger partial charge in [0.15, 0.2) is 0 Å². The fourth-order valence-corrected chi connectivity index (χ4v) is 1.43. The van der Waals surface area contributed by atoms with Crippen molar-refractivity contribution in [1.29, 1.82) is 0 Å². The van der Waals surface area contributed by atoms with Crippen LogP contribution >= 0.6 is 15.9 Å². The van der Waals surface area contributed by atoms with E-state index in [1.54, 1.807) is 0 Å². The third-order valence-electron chi connectivity index (χ3n) is 1.85. The van der Waals surface area contributed by atoms with Crippen molar-refractivity contribution >= 4 is 15.9 Å². The fourth-order valence-electron chi connectivity index (χ4n) is 1.12. The lowest BCUT2D eigenvalue weighted by molar-refractivity contribution is 0.407. The van der Waals surface area contributed by atoms with Crippen LogP contribution in [0.1, 0.15) is 31.2 Å². The van der Waals surface area contributed by atoms with E-state index < -0.39 is 0 Å². The van der Waals surface area contributed by atoms with Gasteiger partial charge in [-0.2, -0.15) is 0 Å². The lowest BCUT2D eigenvalue weighted by Crippen LogP contribution is -2.12. The van der Waals surface area contributed by atoms with E-state index in [1.165, 1.54) is 5.56 Å². The second-order valence-electron chi connectivity index (χ2n) is 4.14. The van der Waals surface area contributed by atoms with Crippen LogP contribution in [0.3, 0.4) is 0 Å². The SMILES string of the molecule is CC(C)(C)[C@H](Br)c1ccccc1. The lowest BCUT2D eigenvalue weighted by Gasteiger charge is -2.25. The van der Waals surface area contributed by atoms with Gasteiger partial charge in [0.2, 0.25) is 0 Å². The molecule has 1 heteroatoms. The summed E-state index contributed by atoms with van der Waals surface area (Å²) in [4.78, 5) is 0.436. The van der Waals surface area contributed by atoms with Crippen LogP contribution in [0.2, 0.25) is 0 Å². The zero-order chi connectivity index (χ0) is 9.19. The largest absolute Gasteiger partial charge is 0.0833 e. The zero-order valence-corrected chi connectivity index (χ0v) is 9.43. The number of halogens is 1. The van der Waals surface area contributed by atoms with Crippen LogP contribution in [-0.2, 0) is 0 Å². The molecule has 0 spiro atoms. The van der Waals surface area contributed by atoms with E-state index in [-0.39, 0.29) is 5.41 Å². The summed E-state index contributed by atoms with van der Waals surface area (Å²) < 4.78 is 0. The van der Waals surface area contributed by atoms with Gasteiger partial charge in [-0.05, 0) is 11.0 Å². The highest BCUT2D eigenvalue weighted by Gasteiger charge is 2.22. The topological polar surface area (TPSA) is 0 Å². The van der Waals surface area contributed by atoms with Crippen molar-refractivity contribution < 1.29 is 0 Å². The molecule has 0 heterocycles. The third-order valence-corrected chi connectivity index (χ3v) is 3.75. The van der Waals surface area contributed by atoms with E-state index in [9.17, 15) is 0 Å². The molecule has 12 heavy (non-hydrogen) atoms. The van der Waals surface area contributed by atoms with Crippen molar-refractivity contribution in [3.8, 4) is 0 Å². The van der Waals surface area contributed by atoms with Crippen LogP contribution in [0.5, 0.6) is 0 Å². The molecule has 0 saturated carbocycles. The van der Waals surface area contributed by atoms with Crippen molar-refractivity contribution in [3.63, 3.8) is 0 Å². The molecule has 1 rings (SSSR count). The number of benzene rings is 1. The van der Waals surface area contributed by atoms with Crippen molar-refractivity contribution in [2.75, 3.05) is 0 Å². The summed E-state index contributed by atoms with van der Waals surface area (Å²) in [6.07, 6.45) is 0. The molecule has 0 N–H and O–H groups in total. The summed E-state index contributed by atoms with van der Waals surface area (Å²) >= 11 is 3.71. The predicted molar refractivity (Wildman–Crippen MR) is 57.6 cm³/mol. The molecule has 0 saturated heterocycles. The lowest BCUT2D eigenvalue weighted by atomic mass is 9.88. The Balaban J connectivity index is 2.86. The Morgan fingerprint density at radius 2 is 1.58 bits per heavy atom. The molecular formula is C11H15Br. The normalized spacial score (nSPS) is 14.3.